The molecule has 2 unspecified atom stereocenters. The summed E-state index contributed by atoms with van der Waals surface area (Å²) in [6.45, 7) is 8.52. The number of halogens is 2. The van der Waals surface area contributed by atoms with Crippen LogP contribution in [0.4, 0.5) is 4.39 Å². The number of hydrogen-bond donors (Lipinski definition) is 1. The first-order valence-electron chi connectivity index (χ1n) is 7.31. The van der Waals surface area contributed by atoms with E-state index in [9.17, 15) is 9.18 Å². The Morgan fingerprint density at radius 1 is 1.33 bits per heavy atom. The number of benzene rings is 1. The molecule has 5 heteroatoms. The van der Waals surface area contributed by atoms with Crippen molar-refractivity contribution in [3.8, 4) is 0 Å². The Labute approximate surface area is 132 Å². The monoisotopic (exact) mass is 314 g/mol. The van der Waals surface area contributed by atoms with Crippen LogP contribution in [0.25, 0.3) is 0 Å². The van der Waals surface area contributed by atoms with Crippen molar-refractivity contribution in [2.24, 2.45) is 11.8 Å². The maximum absolute atomic E-state index is 13.0. The van der Waals surface area contributed by atoms with Crippen LogP contribution in [0.1, 0.15) is 32.4 Å². The average molecular weight is 315 g/mol. The molecule has 0 saturated carbocycles. The number of carbonyl (C=O) groups excluding carboxylic acids is 1. The molecule has 1 aliphatic rings. The summed E-state index contributed by atoms with van der Waals surface area (Å²) in [4.78, 5) is 14.5. The summed E-state index contributed by atoms with van der Waals surface area (Å²) in [7, 11) is 0. The first kappa shape index (κ1) is 17.9. The first-order valence-corrected chi connectivity index (χ1v) is 7.31. The topological polar surface area (TPSA) is 32.3 Å². The molecule has 1 aromatic rings. The number of nitrogens with one attached hydrogen (secondary N) is 1. The molecular weight excluding hydrogens is 291 g/mol. The Morgan fingerprint density at radius 3 is 2.33 bits per heavy atom. The molecule has 0 aliphatic carbocycles. The quantitative estimate of drug-likeness (QED) is 0.906. The van der Waals surface area contributed by atoms with Crippen molar-refractivity contribution in [3.05, 3.63) is 35.6 Å². The predicted octanol–water partition coefficient (Wildman–Crippen LogP) is 3.01. The lowest BCUT2D eigenvalue weighted by Gasteiger charge is -2.37. The molecule has 2 rings (SSSR count). The molecule has 1 saturated heterocycles. The van der Waals surface area contributed by atoms with Gasteiger partial charge in [0.15, 0.2) is 0 Å². The van der Waals surface area contributed by atoms with E-state index < -0.39 is 0 Å². The number of rotatable bonds is 5. The largest absolute Gasteiger partial charge is 0.336 e. The van der Waals surface area contributed by atoms with Gasteiger partial charge < -0.3 is 10.2 Å². The fraction of sp³-hybridized carbons (Fsp3) is 0.562. The van der Waals surface area contributed by atoms with Crippen LogP contribution in [0.5, 0.6) is 0 Å². The lowest BCUT2D eigenvalue weighted by atomic mass is 9.87. The van der Waals surface area contributed by atoms with Crippen LogP contribution in [0.2, 0.25) is 0 Å². The van der Waals surface area contributed by atoms with Crippen molar-refractivity contribution in [2.75, 3.05) is 19.6 Å². The van der Waals surface area contributed by atoms with Gasteiger partial charge in [-0.1, -0.05) is 19.1 Å². The minimum absolute atomic E-state index is 0. The standard InChI is InChI=1S/C16H23FN2O.ClH/c1-4-19(16(20)11(2)14-9-18-10-14)12(3)13-5-7-15(17)8-6-13;/h5-8,11-12,14,18H,4,9-10H2,1-3H3;1H. The van der Waals surface area contributed by atoms with Crippen molar-refractivity contribution in [3.63, 3.8) is 0 Å². The van der Waals surface area contributed by atoms with Crippen molar-refractivity contribution in [1.82, 2.24) is 10.2 Å². The summed E-state index contributed by atoms with van der Waals surface area (Å²) in [6, 6.07) is 6.38. The zero-order valence-electron chi connectivity index (χ0n) is 12.8. The summed E-state index contributed by atoms with van der Waals surface area (Å²) in [6.07, 6.45) is 0. The molecule has 1 aromatic carbocycles. The van der Waals surface area contributed by atoms with Crippen LogP contribution < -0.4 is 5.32 Å². The highest BCUT2D eigenvalue weighted by Crippen LogP contribution is 2.25. The molecule has 1 aliphatic heterocycles. The molecular formula is C16H24ClFN2O. The van der Waals surface area contributed by atoms with E-state index in [1.807, 2.05) is 25.7 Å². The SMILES string of the molecule is CCN(C(=O)C(C)C1CNC1)C(C)c1ccc(F)cc1.Cl. The Bertz CT molecular complexity index is 462. The molecule has 2 atom stereocenters. The lowest BCUT2D eigenvalue weighted by molar-refractivity contribution is -0.139. The fourth-order valence-corrected chi connectivity index (χ4v) is 2.67. The third-order valence-electron chi connectivity index (χ3n) is 4.35. The minimum Gasteiger partial charge on any atom is -0.336 e. The van der Waals surface area contributed by atoms with E-state index in [1.54, 1.807) is 12.1 Å². The molecule has 0 radical (unpaired) electrons. The van der Waals surface area contributed by atoms with Gasteiger partial charge in [-0.2, -0.15) is 0 Å². The van der Waals surface area contributed by atoms with Crippen LogP contribution in [-0.2, 0) is 4.79 Å². The van der Waals surface area contributed by atoms with Crippen molar-refractivity contribution >= 4 is 18.3 Å². The van der Waals surface area contributed by atoms with Gasteiger partial charge in [0.25, 0.3) is 0 Å². The third kappa shape index (κ3) is 3.95. The molecule has 0 bridgehead atoms. The number of carbonyl (C=O) groups is 1. The summed E-state index contributed by atoms with van der Waals surface area (Å²) >= 11 is 0. The highest BCUT2D eigenvalue weighted by molar-refractivity contribution is 5.85. The smallest absolute Gasteiger partial charge is 0.226 e. The number of amides is 1. The molecule has 0 spiro atoms. The van der Waals surface area contributed by atoms with Gasteiger partial charge in [-0.25, -0.2) is 4.39 Å². The van der Waals surface area contributed by atoms with Gasteiger partial charge in [-0.3, -0.25) is 4.79 Å². The Kier molecular flexibility index (Phi) is 6.62. The molecule has 21 heavy (non-hydrogen) atoms. The predicted molar refractivity (Wildman–Crippen MR) is 85.0 cm³/mol. The molecule has 1 fully saturated rings. The maximum atomic E-state index is 13.0. The first-order chi connectivity index (χ1) is 9.54. The van der Waals surface area contributed by atoms with E-state index in [4.69, 9.17) is 0 Å². The summed E-state index contributed by atoms with van der Waals surface area (Å²) in [5.74, 6) is 0.427. The Balaban J connectivity index is 0.00000220. The zero-order chi connectivity index (χ0) is 14.7. The van der Waals surface area contributed by atoms with Crippen molar-refractivity contribution in [1.29, 1.82) is 0 Å². The van der Waals surface area contributed by atoms with Crippen molar-refractivity contribution in [2.45, 2.75) is 26.8 Å². The summed E-state index contributed by atoms with van der Waals surface area (Å²) in [5, 5.41) is 3.21. The Hall–Kier alpha value is -1.13. The highest BCUT2D eigenvalue weighted by atomic mass is 35.5. The molecule has 1 amide bonds. The highest BCUT2D eigenvalue weighted by Gasteiger charge is 2.32. The van der Waals surface area contributed by atoms with Crippen LogP contribution in [-0.4, -0.2) is 30.4 Å². The van der Waals surface area contributed by atoms with E-state index >= 15 is 0 Å². The molecule has 0 aromatic heterocycles. The van der Waals surface area contributed by atoms with Crippen LogP contribution >= 0.6 is 12.4 Å². The second-order valence-electron chi connectivity index (χ2n) is 5.56. The number of nitrogens with zero attached hydrogens (tertiary/aromatic N) is 1. The molecule has 3 nitrogen and oxygen atoms in total. The zero-order valence-corrected chi connectivity index (χ0v) is 13.6. The van der Waals surface area contributed by atoms with E-state index in [0.29, 0.717) is 12.5 Å². The van der Waals surface area contributed by atoms with Gasteiger partial charge in [0.05, 0.1) is 6.04 Å². The number of hydrogen-bond acceptors (Lipinski definition) is 2. The maximum Gasteiger partial charge on any atom is 0.226 e. The average Bonchev–Trinajstić information content (AvgIpc) is 2.38. The van der Waals surface area contributed by atoms with Crippen LogP contribution in [0.15, 0.2) is 24.3 Å². The van der Waals surface area contributed by atoms with E-state index in [-0.39, 0.29) is 36.1 Å². The van der Waals surface area contributed by atoms with E-state index in [2.05, 4.69) is 5.32 Å². The summed E-state index contributed by atoms with van der Waals surface area (Å²) in [5.41, 5.74) is 0.973. The van der Waals surface area contributed by atoms with Crippen molar-refractivity contribution < 1.29 is 9.18 Å². The third-order valence-corrected chi connectivity index (χ3v) is 4.35. The van der Waals surface area contributed by atoms with Crippen LogP contribution in [0, 0.1) is 17.7 Å². The normalized spacial score (nSPS) is 17.3. The fourth-order valence-electron chi connectivity index (χ4n) is 2.67. The van der Waals surface area contributed by atoms with E-state index in [1.165, 1.54) is 12.1 Å². The minimum atomic E-state index is -0.246. The van der Waals surface area contributed by atoms with Gasteiger partial charge in [0, 0.05) is 12.5 Å². The Morgan fingerprint density at radius 2 is 1.90 bits per heavy atom. The molecule has 118 valence electrons. The van der Waals surface area contributed by atoms with Crippen LogP contribution in [0.3, 0.4) is 0 Å². The lowest BCUT2D eigenvalue weighted by Crippen LogP contribution is -2.50. The summed E-state index contributed by atoms with van der Waals surface area (Å²) < 4.78 is 13.0. The van der Waals surface area contributed by atoms with Gasteiger partial charge >= 0.3 is 0 Å². The second kappa shape index (κ2) is 7.76. The van der Waals surface area contributed by atoms with Gasteiger partial charge in [0.1, 0.15) is 5.82 Å². The van der Waals surface area contributed by atoms with Gasteiger partial charge in [0.2, 0.25) is 5.91 Å². The molecule has 1 N–H and O–H groups in total. The van der Waals surface area contributed by atoms with Gasteiger partial charge in [-0.15, -0.1) is 12.4 Å². The second-order valence-corrected chi connectivity index (χ2v) is 5.56. The van der Waals surface area contributed by atoms with E-state index in [0.717, 1.165) is 18.7 Å². The molecule has 1 heterocycles. The van der Waals surface area contributed by atoms with Gasteiger partial charge in [-0.05, 0) is 50.6 Å².